The predicted octanol–water partition coefficient (Wildman–Crippen LogP) is 1.53. The highest BCUT2D eigenvalue weighted by atomic mass is 28.4. The Morgan fingerprint density at radius 3 is 1.86 bits per heavy atom. The van der Waals surface area contributed by atoms with E-state index in [2.05, 4.69) is 24.8 Å². The van der Waals surface area contributed by atoms with Crippen molar-refractivity contribution in [1.82, 2.24) is 0 Å². The molecular weight excluding hydrogens is 306 g/mol. The van der Waals surface area contributed by atoms with Gasteiger partial charge < -0.3 is 28.2 Å². The van der Waals surface area contributed by atoms with E-state index in [1.165, 1.54) is 7.11 Å². The van der Waals surface area contributed by atoms with Crippen molar-refractivity contribution in [3.63, 3.8) is 0 Å². The molecule has 0 rings (SSSR count). The Balaban J connectivity index is 5.28. The number of rotatable bonds is 12. The molecule has 0 radical (unpaired) electrons. The van der Waals surface area contributed by atoms with Crippen LogP contribution in [-0.4, -0.2) is 81.1 Å². The van der Waals surface area contributed by atoms with E-state index in [-0.39, 0.29) is 12.2 Å². The summed E-state index contributed by atoms with van der Waals surface area (Å²) >= 11 is 0. The molecule has 4 unspecified atom stereocenters. The van der Waals surface area contributed by atoms with Crippen LogP contribution >= 0.6 is 0 Å². The number of oxime groups is 1. The van der Waals surface area contributed by atoms with E-state index in [9.17, 15) is 0 Å². The Bertz CT molecular complexity index is 310. The van der Waals surface area contributed by atoms with Crippen molar-refractivity contribution in [1.29, 1.82) is 0 Å². The highest BCUT2D eigenvalue weighted by Gasteiger charge is 2.38. The molecule has 7 nitrogen and oxygen atoms in total. The smallest absolute Gasteiger partial charge is 0.184 e. The van der Waals surface area contributed by atoms with Gasteiger partial charge in [0.2, 0.25) is 0 Å². The van der Waals surface area contributed by atoms with Gasteiger partial charge in [0, 0.05) is 28.4 Å². The molecule has 0 aromatic rings. The van der Waals surface area contributed by atoms with Gasteiger partial charge in [-0.15, -0.1) is 0 Å². The standard InChI is InChI=1S/C14H31NO6Si/c1-16-10-12(21-22(6,7)8)14(19-4)13(18-3)11(17-2)9-15-20-5/h9,11-14H,10H2,1-8H3/b15-9+. The molecule has 0 aliphatic carbocycles. The Hall–Kier alpha value is -0.513. The zero-order valence-corrected chi connectivity index (χ0v) is 16.0. The van der Waals surface area contributed by atoms with E-state index in [1.54, 1.807) is 34.7 Å². The first-order valence-electron chi connectivity index (χ1n) is 7.16. The van der Waals surface area contributed by atoms with Crippen LogP contribution in [0, 0.1) is 0 Å². The molecule has 8 heteroatoms. The van der Waals surface area contributed by atoms with Crippen molar-refractivity contribution in [3.8, 4) is 0 Å². The molecule has 0 aliphatic heterocycles. The molecule has 0 saturated carbocycles. The van der Waals surface area contributed by atoms with Gasteiger partial charge in [-0.05, 0) is 19.6 Å². The third-order valence-corrected chi connectivity index (χ3v) is 3.99. The molecule has 0 amide bonds. The van der Waals surface area contributed by atoms with Crippen molar-refractivity contribution in [2.24, 2.45) is 5.16 Å². The fourth-order valence-electron chi connectivity index (χ4n) is 2.17. The first-order valence-corrected chi connectivity index (χ1v) is 10.6. The molecule has 0 aliphatic rings. The average molecular weight is 337 g/mol. The third kappa shape index (κ3) is 7.66. The van der Waals surface area contributed by atoms with Crippen molar-refractivity contribution in [2.75, 3.05) is 42.2 Å². The first kappa shape index (κ1) is 21.5. The molecule has 0 N–H and O–H groups in total. The quantitative estimate of drug-likeness (QED) is 0.306. The first-order chi connectivity index (χ1) is 10.3. The minimum absolute atomic E-state index is 0.264. The number of hydrogen-bond acceptors (Lipinski definition) is 7. The zero-order valence-electron chi connectivity index (χ0n) is 15.0. The van der Waals surface area contributed by atoms with Crippen LogP contribution in [0.15, 0.2) is 5.16 Å². The molecule has 0 aromatic carbocycles. The van der Waals surface area contributed by atoms with Gasteiger partial charge >= 0.3 is 0 Å². The van der Waals surface area contributed by atoms with Crippen LogP contribution in [0.4, 0.5) is 0 Å². The van der Waals surface area contributed by atoms with Crippen LogP contribution in [0.5, 0.6) is 0 Å². The summed E-state index contributed by atoms with van der Waals surface area (Å²) in [7, 11) is 6.12. The molecule has 0 spiro atoms. The SMILES string of the molecule is COCC(O[Si](C)(C)C)C(OC)C(OC)C(/C=N/OC)OC. The lowest BCUT2D eigenvalue weighted by molar-refractivity contribution is -0.132. The summed E-state index contributed by atoms with van der Waals surface area (Å²) in [5.41, 5.74) is 0. The minimum Gasteiger partial charge on any atom is -0.410 e. The lowest BCUT2D eigenvalue weighted by atomic mass is 10.0. The third-order valence-electron chi connectivity index (χ3n) is 2.98. The van der Waals surface area contributed by atoms with Crippen molar-refractivity contribution < 1.29 is 28.2 Å². The van der Waals surface area contributed by atoms with Crippen LogP contribution in [-0.2, 0) is 28.2 Å². The summed E-state index contributed by atoms with van der Waals surface area (Å²) in [6.45, 7) is 6.75. The number of ether oxygens (including phenoxy) is 4. The average Bonchev–Trinajstić information content (AvgIpc) is 2.45. The van der Waals surface area contributed by atoms with Gasteiger partial charge in [0.15, 0.2) is 8.32 Å². The van der Waals surface area contributed by atoms with E-state index < -0.39 is 20.5 Å². The highest BCUT2D eigenvalue weighted by Crippen LogP contribution is 2.19. The second-order valence-corrected chi connectivity index (χ2v) is 10.2. The molecule has 132 valence electrons. The maximum absolute atomic E-state index is 6.19. The molecule has 0 heterocycles. The van der Waals surface area contributed by atoms with Crippen molar-refractivity contribution >= 4 is 14.5 Å². The van der Waals surface area contributed by atoms with Gasteiger partial charge in [-0.25, -0.2) is 0 Å². The molecule has 0 bridgehead atoms. The highest BCUT2D eigenvalue weighted by molar-refractivity contribution is 6.69. The molecule has 0 aromatic heterocycles. The van der Waals surface area contributed by atoms with Crippen LogP contribution < -0.4 is 0 Å². The lowest BCUT2D eigenvalue weighted by Gasteiger charge is -2.36. The fourth-order valence-corrected chi connectivity index (χ4v) is 3.28. The van der Waals surface area contributed by atoms with Gasteiger partial charge in [0.25, 0.3) is 0 Å². The topological polar surface area (TPSA) is 67.7 Å². The van der Waals surface area contributed by atoms with Gasteiger partial charge in [-0.1, -0.05) is 5.16 Å². The Morgan fingerprint density at radius 2 is 1.50 bits per heavy atom. The van der Waals surface area contributed by atoms with E-state index in [1.807, 2.05) is 0 Å². The number of methoxy groups -OCH3 is 4. The summed E-state index contributed by atoms with van der Waals surface area (Å²) in [5.74, 6) is 0. The fraction of sp³-hybridized carbons (Fsp3) is 0.929. The Kier molecular flexibility index (Phi) is 10.8. The maximum Gasteiger partial charge on any atom is 0.184 e. The second-order valence-electron chi connectivity index (χ2n) is 5.76. The van der Waals surface area contributed by atoms with Crippen LogP contribution in [0.1, 0.15) is 0 Å². The van der Waals surface area contributed by atoms with E-state index >= 15 is 0 Å². The van der Waals surface area contributed by atoms with Gasteiger partial charge in [0.1, 0.15) is 25.4 Å². The summed E-state index contributed by atoms with van der Waals surface area (Å²) in [4.78, 5) is 4.71. The minimum atomic E-state index is -1.78. The lowest BCUT2D eigenvalue weighted by Crippen LogP contribution is -2.52. The van der Waals surface area contributed by atoms with E-state index in [0.717, 1.165) is 0 Å². The monoisotopic (exact) mass is 337 g/mol. The molecule has 22 heavy (non-hydrogen) atoms. The second kappa shape index (κ2) is 11.1. The Labute approximate surface area is 135 Å². The van der Waals surface area contributed by atoms with Gasteiger partial charge in [0.05, 0.1) is 18.9 Å². The number of nitrogens with zero attached hydrogens (tertiary/aromatic N) is 1. The van der Waals surface area contributed by atoms with Crippen LogP contribution in [0.3, 0.4) is 0 Å². The normalized spacial score (nSPS) is 18.2. The van der Waals surface area contributed by atoms with Crippen molar-refractivity contribution in [3.05, 3.63) is 0 Å². The summed E-state index contributed by atoms with van der Waals surface area (Å²) in [6.07, 6.45) is 0.0634. The van der Waals surface area contributed by atoms with Crippen LogP contribution in [0.25, 0.3) is 0 Å². The largest absolute Gasteiger partial charge is 0.410 e. The Morgan fingerprint density at radius 1 is 0.909 bits per heavy atom. The summed E-state index contributed by atoms with van der Waals surface area (Å²) in [6, 6.07) is 0. The molecule has 0 saturated heterocycles. The molecular formula is C14H31NO6Si. The van der Waals surface area contributed by atoms with Gasteiger partial charge in [-0.3, -0.25) is 0 Å². The zero-order chi connectivity index (χ0) is 17.2. The number of hydrogen-bond donors (Lipinski definition) is 0. The van der Waals surface area contributed by atoms with Crippen molar-refractivity contribution in [2.45, 2.75) is 44.1 Å². The van der Waals surface area contributed by atoms with Crippen LogP contribution in [0.2, 0.25) is 19.6 Å². The van der Waals surface area contributed by atoms with Gasteiger partial charge in [-0.2, -0.15) is 0 Å². The summed E-state index contributed by atoms with van der Waals surface area (Å²) < 4.78 is 28.1. The van der Waals surface area contributed by atoms with E-state index in [4.69, 9.17) is 28.2 Å². The van der Waals surface area contributed by atoms with E-state index in [0.29, 0.717) is 6.61 Å². The molecule has 0 fully saturated rings. The summed E-state index contributed by atoms with van der Waals surface area (Å²) in [5, 5.41) is 3.76. The predicted molar refractivity (Wildman–Crippen MR) is 88.0 cm³/mol. The molecule has 4 atom stereocenters. The maximum atomic E-state index is 6.19.